The van der Waals surface area contributed by atoms with Gasteiger partial charge in [0, 0.05) is 18.6 Å². The Balaban J connectivity index is 1.89. The van der Waals surface area contributed by atoms with E-state index in [1.165, 1.54) is 6.42 Å². The molecular formula is C15H25N3O2. The number of amides is 2. The smallest absolute Gasteiger partial charge is 0.249 e. The summed E-state index contributed by atoms with van der Waals surface area (Å²) in [6, 6.07) is 0.345. The second kappa shape index (κ2) is 4.72. The van der Waals surface area contributed by atoms with Gasteiger partial charge in [-0.1, -0.05) is 6.92 Å². The average Bonchev–Trinajstić information content (AvgIpc) is 3.01. The van der Waals surface area contributed by atoms with Gasteiger partial charge in [-0.05, 0) is 46.1 Å². The zero-order valence-electron chi connectivity index (χ0n) is 12.7. The van der Waals surface area contributed by atoms with Gasteiger partial charge < -0.3 is 10.2 Å². The predicted molar refractivity (Wildman–Crippen MR) is 76.1 cm³/mol. The summed E-state index contributed by atoms with van der Waals surface area (Å²) in [5.74, 6) is 0.0937. The molecule has 3 aliphatic heterocycles. The molecule has 0 aromatic carbocycles. The first kappa shape index (κ1) is 13.9. The molecule has 5 heteroatoms. The van der Waals surface area contributed by atoms with Crippen LogP contribution in [0.15, 0.2) is 0 Å². The minimum atomic E-state index is -0.727. The molecule has 112 valence electrons. The van der Waals surface area contributed by atoms with Crippen LogP contribution in [-0.4, -0.2) is 58.4 Å². The van der Waals surface area contributed by atoms with Gasteiger partial charge in [0.2, 0.25) is 11.8 Å². The highest BCUT2D eigenvalue weighted by Crippen LogP contribution is 2.35. The molecule has 3 rings (SSSR count). The summed E-state index contributed by atoms with van der Waals surface area (Å²) in [6.45, 7) is 7.89. The fourth-order valence-electron chi connectivity index (χ4n) is 4.07. The van der Waals surface area contributed by atoms with Crippen LogP contribution in [0.5, 0.6) is 0 Å². The van der Waals surface area contributed by atoms with E-state index in [4.69, 9.17) is 0 Å². The van der Waals surface area contributed by atoms with Gasteiger partial charge in [-0.2, -0.15) is 0 Å². The van der Waals surface area contributed by atoms with Crippen LogP contribution >= 0.6 is 0 Å². The Labute approximate surface area is 120 Å². The summed E-state index contributed by atoms with van der Waals surface area (Å²) in [6.07, 6.45) is 4.02. The molecular weight excluding hydrogens is 254 g/mol. The molecule has 2 amide bonds. The molecule has 0 aromatic rings. The Morgan fingerprint density at radius 2 is 2.00 bits per heavy atom. The van der Waals surface area contributed by atoms with Crippen molar-refractivity contribution < 1.29 is 9.59 Å². The standard InChI is InChI=1S/C15H25N3O2/c1-4-15(3)14(20)18(10(2)13(19)16-15)12-7-9-17-8-5-6-11(12)17/h10-12H,4-9H2,1-3H3,(H,16,19). The Hall–Kier alpha value is -1.10. The fraction of sp³-hybridized carbons (Fsp3) is 0.867. The molecule has 3 heterocycles. The highest BCUT2D eigenvalue weighted by molar-refractivity contribution is 5.99. The molecule has 3 fully saturated rings. The zero-order chi connectivity index (χ0) is 14.5. The third-order valence-electron chi connectivity index (χ3n) is 5.54. The van der Waals surface area contributed by atoms with E-state index >= 15 is 0 Å². The Morgan fingerprint density at radius 1 is 1.25 bits per heavy atom. The number of carbonyl (C=O) groups excluding carboxylic acids is 2. The lowest BCUT2D eigenvalue weighted by atomic mass is 9.89. The van der Waals surface area contributed by atoms with Crippen molar-refractivity contribution in [3.63, 3.8) is 0 Å². The van der Waals surface area contributed by atoms with Crippen LogP contribution in [0, 0.1) is 0 Å². The van der Waals surface area contributed by atoms with Crippen LogP contribution in [0.4, 0.5) is 0 Å². The largest absolute Gasteiger partial charge is 0.340 e. The lowest BCUT2D eigenvalue weighted by Gasteiger charge is -2.46. The zero-order valence-corrected chi connectivity index (χ0v) is 12.7. The van der Waals surface area contributed by atoms with Gasteiger partial charge in [0.15, 0.2) is 0 Å². The summed E-state index contributed by atoms with van der Waals surface area (Å²) in [5.41, 5.74) is -0.727. The number of hydrogen-bond donors (Lipinski definition) is 1. The van der Waals surface area contributed by atoms with Crippen molar-refractivity contribution in [1.29, 1.82) is 0 Å². The summed E-state index contributed by atoms with van der Waals surface area (Å²) >= 11 is 0. The number of nitrogens with one attached hydrogen (secondary N) is 1. The van der Waals surface area contributed by atoms with E-state index in [0.717, 1.165) is 25.9 Å². The lowest BCUT2D eigenvalue weighted by Crippen LogP contribution is -2.71. The Kier molecular flexibility index (Phi) is 3.27. The Bertz CT molecular complexity index is 439. The first-order chi connectivity index (χ1) is 9.48. The minimum Gasteiger partial charge on any atom is -0.340 e. The van der Waals surface area contributed by atoms with E-state index in [9.17, 15) is 9.59 Å². The van der Waals surface area contributed by atoms with Crippen LogP contribution in [-0.2, 0) is 9.59 Å². The van der Waals surface area contributed by atoms with Crippen molar-refractivity contribution in [2.24, 2.45) is 0 Å². The lowest BCUT2D eigenvalue weighted by molar-refractivity contribution is -0.157. The number of fused-ring (bicyclic) bond motifs is 1. The van der Waals surface area contributed by atoms with Crippen LogP contribution < -0.4 is 5.32 Å². The third kappa shape index (κ3) is 1.86. The van der Waals surface area contributed by atoms with Gasteiger partial charge >= 0.3 is 0 Å². The molecule has 0 radical (unpaired) electrons. The topological polar surface area (TPSA) is 52.7 Å². The van der Waals surface area contributed by atoms with E-state index in [1.54, 1.807) is 0 Å². The maximum absolute atomic E-state index is 12.9. The molecule has 20 heavy (non-hydrogen) atoms. The molecule has 0 bridgehead atoms. The molecule has 1 N–H and O–H groups in total. The Morgan fingerprint density at radius 3 is 2.70 bits per heavy atom. The van der Waals surface area contributed by atoms with Crippen molar-refractivity contribution in [3.8, 4) is 0 Å². The molecule has 0 aliphatic carbocycles. The van der Waals surface area contributed by atoms with Gasteiger partial charge in [-0.15, -0.1) is 0 Å². The van der Waals surface area contributed by atoms with Crippen molar-refractivity contribution >= 4 is 11.8 Å². The number of piperazine rings is 1. The maximum atomic E-state index is 12.9. The molecule has 0 spiro atoms. The SMILES string of the molecule is CCC1(C)NC(=O)C(C)N(C2CCN3CCCC23)C1=O. The number of hydrogen-bond acceptors (Lipinski definition) is 3. The van der Waals surface area contributed by atoms with E-state index in [-0.39, 0.29) is 23.9 Å². The molecule has 0 saturated carbocycles. The number of rotatable bonds is 2. The molecule has 3 aliphatic rings. The summed E-state index contributed by atoms with van der Waals surface area (Å²) in [7, 11) is 0. The quantitative estimate of drug-likeness (QED) is 0.811. The van der Waals surface area contributed by atoms with Gasteiger partial charge in [-0.3, -0.25) is 14.5 Å². The first-order valence-electron chi connectivity index (χ1n) is 7.87. The van der Waals surface area contributed by atoms with Gasteiger partial charge in [0.05, 0.1) is 0 Å². The molecule has 3 saturated heterocycles. The van der Waals surface area contributed by atoms with E-state index < -0.39 is 5.54 Å². The summed E-state index contributed by atoms with van der Waals surface area (Å²) in [4.78, 5) is 29.5. The predicted octanol–water partition coefficient (Wildman–Crippen LogP) is 0.739. The van der Waals surface area contributed by atoms with E-state index in [0.29, 0.717) is 12.5 Å². The number of carbonyl (C=O) groups is 2. The fourth-order valence-corrected chi connectivity index (χ4v) is 4.07. The second-order valence-electron chi connectivity index (χ2n) is 6.66. The number of nitrogens with zero attached hydrogens (tertiary/aromatic N) is 2. The van der Waals surface area contributed by atoms with Gasteiger partial charge in [0.1, 0.15) is 11.6 Å². The van der Waals surface area contributed by atoms with Crippen molar-refractivity contribution in [1.82, 2.24) is 15.1 Å². The summed E-state index contributed by atoms with van der Waals surface area (Å²) < 4.78 is 0. The third-order valence-corrected chi connectivity index (χ3v) is 5.54. The van der Waals surface area contributed by atoms with Crippen LogP contribution in [0.2, 0.25) is 0 Å². The van der Waals surface area contributed by atoms with Crippen molar-refractivity contribution in [3.05, 3.63) is 0 Å². The molecule has 5 nitrogen and oxygen atoms in total. The van der Waals surface area contributed by atoms with Crippen molar-refractivity contribution in [2.75, 3.05) is 13.1 Å². The molecule has 4 unspecified atom stereocenters. The van der Waals surface area contributed by atoms with E-state index in [1.807, 2.05) is 25.7 Å². The van der Waals surface area contributed by atoms with Crippen molar-refractivity contribution in [2.45, 2.75) is 70.1 Å². The monoisotopic (exact) mass is 279 g/mol. The first-order valence-corrected chi connectivity index (χ1v) is 7.87. The highest BCUT2D eigenvalue weighted by atomic mass is 16.2. The van der Waals surface area contributed by atoms with Crippen LogP contribution in [0.1, 0.15) is 46.5 Å². The second-order valence-corrected chi connectivity index (χ2v) is 6.66. The highest BCUT2D eigenvalue weighted by Gasteiger charge is 2.51. The summed E-state index contributed by atoms with van der Waals surface area (Å²) in [5, 5.41) is 2.91. The minimum absolute atomic E-state index is 0.00889. The van der Waals surface area contributed by atoms with Gasteiger partial charge in [-0.25, -0.2) is 0 Å². The maximum Gasteiger partial charge on any atom is 0.249 e. The van der Waals surface area contributed by atoms with Crippen LogP contribution in [0.25, 0.3) is 0 Å². The molecule has 0 aromatic heterocycles. The van der Waals surface area contributed by atoms with Gasteiger partial charge in [0.25, 0.3) is 0 Å². The average molecular weight is 279 g/mol. The van der Waals surface area contributed by atoms with Crippen LogP contribution in [0.3, 0.4) is 0 Å². The van der Waals surface area contributed by atoms with E-state index in [2.05, 4.69) is 10.2 Å². The molecule has 4 atom stereocenters. The normalized spacial score (nSPS) is 42.0.